The number of carbonyl (C=O) groups is 2. The van der Waals surface area contributed by atoms with E-state index in [0.29, 0.717) is 0 Å². The second kappa shape index (κ2) is 69.7. The number of anilines is 2. The molecule has 16 N–H and O–H groups in total. The van der Waals surface area contributed by atoms with Crippen molar-refractivity contribution in [1.82, 2.24) is 0 Å². The van der Waals surface area contributed by atoms with E-state index in [1.165, 1.54) is 0 Å². The van der Waals surface area contributed by atoms with Crippen molar-refractivity contribution >= 4 is 192 Å². The van der Waals surface area contributed by atoms with Gasteiger partial charge in [-0.3, -0.25) is 73.3 Å². The van der Waals surface area contributed by atoms with Crippen LogP contribution in [-0.2, 0) is 242 Å². The quantitative estimate of drug-likeness (QED) is 0.0166. The Morgan fingerprint density at radius 1 is 0.246 bits per heavy atom. The first kappa shape index (κ1) is 166. The molecule has 0 radical (unpaired) electrons. The summed E-state index contributed by atoms with van der Waals surface area (Å²) in [7, 11) is -85.3. The molecule has 6 rings (SSSR count). The first-order valence-electron chi connectivity index (χ1n) is 31.0. The van der Waals surface area contributed by atoms with Gasteiger partial charge in [0.1, 0.15) is 96.3 Å². The number of thioether (sulfide) groups is 2. The fourth-order valence-electron chi connectivity index (χ4n) is 10.7. The van der Waals surface area contributed by atoms with Crippen molar-refractivity contribution < 1.29 is 692 Å². The van der Waals surface area contributed by atoms with Gasteiger partial charge in [-0.05, 0) is 61.4 Å². The number of ether oxygens (including phenoxy) is 6. The number of rotatable bonds is 47. The Balaban J connectivity index is -0.00000170. The number of benzene rings is 2. The zero-order valence-electron chi connectivity index (χ0n) is 73.0. The van der Waals surface area contributed by atoms with Crippen LogP contribution in [0.15, 0.2) is 58.3 Å². The van der Waals surface area contributed by atoms with Gasteiger partial charge in [0.2, 0.25) is 11.8 Å². The number of nitrogens with one attached hydrogen (secondary N) is 2. The Morgan fingerprint density at radius 2 is 0.428 bits per heavy atom. The summed E-state index contributed by atoms with van der Waals surface area (Å²) in [6, 6.07) is 8.28. The molecular formula is C42H60N2Na14O64S16+14. The molecule has 0 unspecified atom stereocenters. The van der Waals surface area contributed by atoms with Crippen LogP contribution in [-0.4, -0.2) is 341 Å². The second-order valence-corrected chi connectivity index (χ2v) is 40.9. The first-order chi connectivity index (χ1) is 55.9. The van der Waals surface area contributed by atoms with Gasteiger partial charge in [-0.25, -0.2) is 58.6 Å². The van der Waals surface area contributed by atoms with Crippen LogP contribution >= 0.6 is 23.5 Å². The third-order valence-corrected chi connectivity index (χ3v) is 23.3. The van der Waals surface area contributed by atoms with Gasteiger partial charge in [0.05, 0.1) is 26.4 Å². The molecule has 0 saturated carbocycles. The summed E-state index contributed by atoms with van der Waals surface area (Å²) in [6.07, 6.45) is -57.5. The fraction of sp³-hybridized carbons (Fsp3) is 0.667. The van der Waals surface area contributed by atoms with Crippen LogP contribution in [0.3, 0.4) is 0 Å². The van der Waals surface area contributed by atoms with Gasteiger partial charge < -0.3 is 39.1 Å². The zero-order chi connectivity index (χ0) is 94.3. The number of hydrogen-bond acceptors (Lipinski definition) is 52. The minimum Gasteiger partial charge on any atom is -0.356 e. The molecule has 2 aromatic rings. The molecule has 4 aliphatic rings. The number of carbonyl (C=O) groups excluding carboxylic acids is 2. The summed E-state index contributed by atoms with van der Waals surface area (Å²) in [5.74, 6) is -1.62. The first-order valence-corrected chi connectivity index (χ1v) is 51.9. The Bertz CT molecular complexity index is 5520. The molecule has 4 fully saturated rings. The van der Waals surface area contributed by atoms with E-state index in [-0.39, 0.29) is 471 Å². The Labute approximate surface area is 1100 Å². The van der Waals surface area contributed by atoms with E-state index in [1.54, 1.807) is 0 Å². The van der Waals surface area contributed by atoms with Crippen molar-refractivity contribution in [2.45, 2.75) is 157 Å². The van der Waals surface area contributed by atoms with Gasteiger partial charge in [-0.2, -0.15) is 118 Å². The molecule has 2 amide bonds. The Kier molecular flexibility index (Phi) is 83.7. The summed E-state index contributed by atoms with van der Waals surface area (Å²) < 4.78 is 568. The number of unbranched alkanes of at least 4 members (excludes halogenated alkanes) is 1. The normalized spacial score (nSPS) is 25.6. The Morgan fingerprint density at radius 3 is 0.630 bits per heavy atom. The molecule has 0 spiro atoms. The molecule has 0 aliphatic carbocycles. The monoisotopic (exact) mass is 2450 g/mol. The fourth-order valence-corrected chi connectivity index (χ4v) is 19.3. The summed E-state index contributed by atoms with van der Waals surface area (Å²) in [5, 5.41) is 4.80. The third-order valence-electron chi connectivity index (χ3n) is 14.6. The van der Waals surface area contributed by atoms with Crippen molar-refractivity contribution in [2.24, 2.45) is 0 Å². The van der Waals surface area contributed by atoms with Gasteiger partial charge in [-0.15, -0.1) is 0 Å². The molecule has 0 aromatic heterocycles. The standard InChI is InChI=1S/C42H60N2O64S16.14Na/c45-25(43-17-5-9-19(10-6-17)109-41-37(107-123(83,84)85)31(101-117(65,66)67)27(21(95-41)13-89-111(47,48)49)97-39-35(105-121(77,78)79)33(103-119(71,72)73)29(99-115(59,60)61)23(93-39)15-91-113(53,54)55)3-1-2-4-26(46)44-18-7-11-20(12-8-18)110-42-38(108-124(86,87)88)32(102-118(68,69)70)28(22(96-42)14-90-112(50,51)52)98-40-36(106-122(80,81)82)34(104-120(74,75)76)30(100-116(62,63)64)24(94-40)16-92-114(56,57)58;;;;;;;;;;;;;;/h5-12,21-24,27-42H,1-4,13-16H2,(H,43,45)(H,44,46)(H,47,48,49)(H,50,51,52)(H,53,54,55)(H,56,57,58)(H,59,60,61)(H,62,63,64)(H,65,66,67)(H,68,69,70)(H,71,72,73)(H,74,75,76)(H,77,78,79)(H,80,81,82)(H,83,84,85)(H,86,87,88);;;;;;;;;;;;;;/q;14*+1/t21-,22-,23-,24-,27-,28-,29-,30-,31+,32+,33+,34+,35-,36-,37-,38-,39-,40-,41+,42+;;;;;;;;;;;;;;/m1............../s1. The van der Waals surface area contributed by atoms with Crippen molar-refractivity contribution in [3.63, 3.8) is 0 Å². The largest absolute Gasteiger partial charge is 1.00 e. The molecule has 718 valence electrons. The zero-order valence-corrected chi connectivity index (χ0v) is 114. The molecule has 96 heteroatoms. The van der Waals surface area contributed by atoms with Gasteiger partial charge in [-0.1, -0.05) is 23.5 Å². The van der Waals surface area contributed by atoms with E-state index < -0.39 is 318 Å². The molecular weight excluding hydrogens is 2390 g/mol. The van der Waals surface area contributed by atoms with Crippen LogP contribution in [0, 0.1) is 0 Å². The molecule has 4 heterocycles. The van der Waals surface area contributed by atoms with Crippen LogP contribution in [0.1, 0.15) is 25.7 Å². The Hall–Kier alpha value is 10.0. The predicted molar refractivity (Wildman–Crippen MR) is 379 cm³/mol. The van der Waals surface area contributed by atoms with E-state index in [9.17, 15) is 191 Å². The van der Waals surface area contributed by atoms with Crippen molar-refractivity contribution in [3.05, 3.63) is 48.5 Å². The molecule has 138 heavy (non-hydrogen) atoms. The average molecular weight is 2450 g/mol. The van der Waals surface area contributed by atoms with Gasteiger partial charge >= 0.3 is 559 Å². The van der Waals surface area contributed by atoms with E-state index in [4.69, 9.17) is 28.4 Å². The third kappa shape index (κ3) is 66.4. The predicted octanol–water partition coefficient (Wildman–Crippen LogP) is -49.1. The smallest absolute Gasteiger partial charge is 0.356 e. The van der Waals surface area contributed by atoms with Crippen LogP contribution in [0.2, 0.25) is 0 Å². The topological polar surface area (TPSA) is 1000 Å². The van der Waals surface area contributed by atoms with E-state index in [2.05, 4.69) is 69.2 Å². The van der Waals surface area contributed by atoms with Crippen LogP contribution in [0.4, 0.5) is 11.4 Å². The number of hydrogen-bond donors (Lipinski definition) is 16. The van der Waals surface area contributed by atoms with Crippen molar-refractivity contribution in [1.29, 1.82) is 0 Å². The van der Waals surface area contributed by atoms with Crippen LogP contribution < -0.4 is 424 Å². The van der Waals surface area contributed by atoms with E-state index in [0.717, 1.165) is 48.5 Å². The maximum Gasteiger partial charge on any atom is 1.00 e. The maximum atomic E-state index is 13.1. The summed E-state index contributed by atoms with van der Waals surface area (Å²) in [5.41, 5.74) is -5.07. The van der Waals surface area contributed by atoms with Crippen LogP contribution in [0.25, 0.3) is 0 Å². The number of amides is 2. The van der Waals surface area contributed by atoms with Crippen molar-refractivity contribution in [3.8, 4) is 0 Å². The molecule has 20 atom stereocenters. The van der Waals surface area contributed by atoms with Gasteiger partial charge in [0, 0.05) is 34.0 Å². The van der Waals surface area contributed by atoms with Gasteiger partial charge in [0.15, 0.2) is 24.8 Å². The van der Waals surface area contributed by atoms with Crippen molar-refractivity contribution in [2.75, 3.05) is 37.1 Å². The summed E-state index contributed by atoms with van der Waals surface area (Å²) in [6.45, 7) is -7.59. The molecule has 66 nitrogen and oxygen atoms in total. The molecule has 4 saturated heterocycles. The van der Waals surface area contributed by atoms with E-state index in [1.807, 2.05) is 0 Å². The molecule has 2 aromatic carbocycles. The average Bonchev–Trinajstić information content (AvgIpc) is 0.755. The van der Waals surface area contributed by atoms with E-state index >= 15 is 0 Å². The SMILES string of the molecule is O=C(CCCCC(=O)Nc1ccc(S[C@@H]2O[C@H](COS(=O)(=O)O)[C@@H](O[C@H]3O[C@H](COS(=O)(=O)O)[C@@H](OS(=O)(=O)O)[C@H](OS(=O)(=O)O)[C@H]3OS(=O)(=O)O)[C@H](OS(=O)(=O)O)[C@H]2OS(=O)(=O)O)cc1)Nc1ccc(S[C@@H]2O[C@H](COS(=O)(=O)O)[C@@H](O[C@H]3O[C@H](COS(=O)(=O)O)[C@@H](OS(=O)(=O)O)[C@H](OS(=O)(=O)O)[C@H]3OS(=O)(=O)O)[C@H](OS(=O)(=O)O)[C@H]2OS(=O)(=O)O)cc1.[Na+].[Na+].[Na+].[Na+].[Na+].[Na+].[Na+].[Na+].[Na+].[Na+].[Na+].[Na+].[Na+].[Na+]. The summed E-state index contributed by atoms with van der Waals surface area (Å²) >= 11 is 0.250. The molecule has 0 bridgehead atoms. The minimum absolute atomic E-state index is 0. The minimum atomic E-state index is -6.29. The molecule has 4 aliphatic heterocycles. The van der Waals surface area contributed by atoms with Gasteiger partial charge in [0.25, 0.3) is 0 Å². The summed E-state index contributed by atoms with van der Waals surface area (Å²) in [4.78, 5) is 25.7. The maximum absolute atomic E-state index is 13.1. The van der Waals surface area contributed by atoms with Crippen LogP contribution in [0.5, 0.6) is 0 Å². The second-order valence-electron chi connectivity index (χ2n) is 23.7.